The molecule has 2 N–H and O–H groups in total. The topological polar surface area (TPSA) is 60.8 Å². The SMILES string of the molecule is Cc1ccc(CC(=O)N2CCC(C)C(O)C2)cc1O. The van der Waals surface area contributed by atoms with Gasteiger partial charge in [0.15, 0.2) is 0 Å². The number of amides is 1. The molecule has 1 amide bonds. The van der Waals surface area contributed by atoms with E-state index in [0.29, 0.717) is 13.1 Å². The van der Waals surface area contributed by atoms with Gasteiger partial charge in [-0.3, -0.25) is 4.79 Å². The summed E-state index contributed by atoms with van der Waals surface area (Å²) in [5.74, 6) is 0.485. The zero-order valence-corrected chi connectivity index (χ0v) is 11.5. The van der Waals surface area contributed by atoms with Crippen molar-refractivity contribution in [1.29, 1.82) is 0 Å². The predicted molar refractivity (Wildman–Crippen MR) is 72.9 cm³/mol. The van der Waals surface area contributed by atoms with Crippen molar-refractivity contribution < 1.29 is 15.0 Å². The van der Waals surface area contributed by atoms with Gasteiger partial charge in [0.05, 0.1) is 12.5 Å². The van der Waals surface area contributed by atoms with Crippen LogP contribution in [0.4, 0.5) is 0 Å². The maximum atomic E-state index is 12.1. The molecule has 1 aromatic carbocycles. The summed E-state index contributed by atoms with van der Waals surface area (Å²) in [7, 11) is 0. The van der Waals surface area contributed by atoms with Gasteiger partial charge in [-0.15, -0.1) is 0 Å². The van der Waals surface area contributed by atoms with Gasteiger partial charge < -0.3 is 15.1 Å². The molecule has 4 heteroatoms. The zero-order valence-electron chi connectivity index (χ0n) is 11.5. The Morgan fingerprint density at radius 3 is 2.84 bits per heavy atom. The molecule has 2 atom stereocenters. The fourth-order valence-corrected chi connectivity index (χ4v) is 2.33. The zero-order chi connectivity index (χ0) is 14.0. The summed E-state index contributed by atoms with van der Waals surface area (Å²) in [6, 6.07) is 5.30. The quantitative estimate of drug-likeness (QED) is 0.849. The number of likely N-dealkylation sites (tertiary alicyclic amines) is 1. The summed E-state index contributed by atoms with van der Waals surface area (Å²) in [4.78, 5) is 13.9. The van der Waals surface area contributed by atoms with E-state index in [4.69, 9.17) is 0 Å². The van der Waals surface area contributed by atoms with Crippen LogP contribution in [0, 0.1) is 12.8 Å². The molecule has 1 aliphatic rings. The Kier molecular flexibility index (Phi) is 4.10. The van der Waals surface area contributed by atoms with E-state index in [1.54, 1.807) is 11.0 Å². The number of hydrogen-bond acceptors (Lipinski definition) is 3. The van der Waals surface area contributed by atoms with Gasteiger partial charge >= 0.3 is 0 Å². The first kappa shape index (κ1) is 13.9. The van der Waals surface area contributed by atoms with Gasteiger partial charge in [0.2, 0.25) is 5.91 Å². The van der Waals surface area contributed by atoms with Crippen LogP contribution in [0.5, 0.6) is 5.75 Å². The Hall–Kier alpha value is -1.55. The highest BCUT2D eigenvalue weighted by Crippen LogP contribution is 2.20. The van der Waals surface area contributed by atoms with Gasteiger partial charge in [0, 0.05) is 13.1 Å². The molecule has 0 saturated carbocycles. The Morgan fingerprint density at radius 1 is 1.47 bits per heavy atom. The van der Waals surface area contributed by atoms with Crippen molar-refractivity contribution in [3.63, 3.8) is 0 Å². The van der Waals surface area contributed by atoms with Crippen LogP contribution >= 0.6 is 0 Å². The lowest BCUT2D eigenvalue weighted by atomic mass is 9.95. The van der Waals surface area contributed by atoms with Crippen LogP contribution in [0.2, 0.25) is 0 Å². The van der Waals surface area contributed by atoms with E-state index in [1.807, 2.05) is 26.0 Å². The van der Waals surface area contributed by atoms with E-state index in [1.165, 1.54) is 0 Å². The molecule has 0 aromatic heterocycles. The lowest BCUT2D eigenvalue weighted by Crippen LogP contribution is -2.46. The average Bonchev–Trinajstić information content (AvgIpc) is 2.37. The van der Waals surface area contributed by atoms with Crippen molar-refractivity contribution in [1.82, 2.24) is 4.90 Å². The highest BCUT2D eigenvalue weighted by Gasteiger charge is 2.27. The van der Waals surface area contributed by atoms with Gasteiger partial charge in [-0.25, -0.2) is 0 Å². The summed E-state index contributed by atoms with van der Waals surface area (Å²) in [6.07, 6.45) is 0.685. The molecule has 19 heavy (non-hydrogen) atoms. The number of phenolic OH excluding ortho intramolecular Hbond substituents is 1. The summed E-state index contributed by atoms with van der Waals surface area (Å²) < 4.78 is 0. The number of aliphatic hydroxyl groups is 1. The van der Waals surface area contributed by atoms with Crippen molar-refractivity contribution in [2.75, 3.05) is 13.1 Å². The molecule has 2 rings (SSSR count). The second-order valence-electron chi connectivity index (χ2n) is 5.47. The monoisotopic (exact) mass is 263 g/mol. The molecule has 1 fully saturated rings. The number of benzene rings is 1. The van der Waals surface area contributed by atoms with Crippen molar-refractivity contribution in [2.24, 2.45) is 5.92 Å². The van der Waals surface area contributed by atoms with E-state index >= 15 is 0 Å². The van der Waals surface area contributed by atoms with Crippen molar-refractivity contribution in [2.45, 2.75) is 32.8 Å². The minimum absolute atomic E-state index is 0.00852. The number of β-amino-alcohol motifs (C(OH)–C–C–N with tert-alkyl or cyclic N) is 1. The molecule has 0 bridgehead atoms. The normalized spacial score (nSPS) is 23.4. The standard InChI is InChI=1S/C15H21NO3/c1-10-3-4-12(7-13(10)17)8-15(19)16-6-5-11(2)14(18)9-16/h3-4,7,11,14,17-18H,5-6,8-9H2,1-2H3. The van der Waals surface area contributed by atoms with Crippen LogP contribution in [-0.4, -0.2) is 40.2 Å². The summed E-state index contributed by atoms with van der Waals surface area (Å²) in [5.41, 5.74) is 1.61. The van der Waals surface area contributed by atoms with Crippen LogP contribution in [-0.2, 0) is 11.2 Å². The van der Waals surface area contributed by atoms with Crippen LogP contribution < -0.4 is 0 Å². The molecular weight excluding hydrogens is 242 g/mol. The van der Waals surface area contributed by atoms with Gasteiger partial charge in [-0.1, -0.05) is 19.1 Å². The van der Waals surface area contributed by atoms with E-state index in [2.05, 4.69) is 0 Å². The van der Waals surface area contributed by atoms with E-state index in [-0.39, 0.29) is 24.0 Å². The number of piperidine rings is 1. The summed E-state index contributed by atoms with van der Waals surface area (Å²) in [5, 5.41) is 19.4. The molecule has 0 radical (unpaired) electrons. The van der Waals surface area contributed by atoms with E-state index in [9.17, 15) is 15.0 Å². The molecule has 0 spiro atoms. The fourth-order valence-electron chi connectivity index (χ4n) is 2.33. The minimum atomic E-state index is -0.427. The number of hydrogen-bond donors (Lipinski definition) is 2. The second kappa shape index (κ2) is 5.61. The third-order valence-corrected chi connectivity index (χ3v) is 3.90. The largest absolute Gasteiger partial charge is 0.508 e. The van der Waals surface area contributed by atoms with Gasteiger partial charge in [-0.2, -0.15) is 0 Å². The smallest absolute Gasteiger partial charge is 0.227 e. The van der Waals surface area contributed by atoms with Crippen LogP contribution in [0.15, 0.2) is 18.2 Å². The molecule has 1 saturated heterocycles. The van der Waals surface area contributed by atoms with Crippen LogP contribution in [0.3, 0.4) is 0 Å². The van der Waals surface area contributed by atoms with Gasteiger partial charge in [0.1, 0.15) is 5.75 Å². The first-order valence-corrected chi connectivity index (χ1v) is 6.71. The number of aliphatic hydroxyl groups excluding tert-OH is 1. The fraction of sp³-hybridized carbons (Fsp3) is 0.533. The first-order valence-electron chi connectivity index (χ1n) is 6.71. The van der Waals surface area contributed by atoms with Gasteiger partial charge in [0.25, 0.3) is 0 Å². The third-order valence-electron chi connectivity index (χ3n) is 3.90. The molecule has 1 heterocycles. The molecule has 104 valence electrons. The minimum Gasteiger partial charge on any atom is -0.508 e. The number of rotatable bonds is 2. The van der Waals surface area contributed by atoms with E-state index in [0.717, 1.165) is 17.5 Å². The second-order valence-corrected chi connectivity index (χ2v) is 5.47. The number of carbonyl (C=O) groups excluding carboxylic acids is 1. The Morgan fingerprint density at radius 2 is 2.21 bits per heavy atom. The number of aryl methyl sites for hydroxylation is 1. The Bertz CT molecular complexity index is 472. The highest BCUT2D eigenvalue weighted by atomic mass is 16.3. The number of aromatic hydroxyl groups is 1. The Balaban J connectivity index is 1.99. The number of nitrogens with zero attached hydrogens (tertiary/aromatic N) is 1. The lowest BCUT2D eigenvalue weighted by molar-refractivity contribution is -0.134. The first-order chi connectivity index (χ1) is 8.97. The summed E-state index contributed by atoms with van der Waals surface area (Å²) >= 11 is 0. The Labute approximate surface area is 113 Å². The van der Waals surface area contributed by atoms with Crippen molar-refractivity contribution in [3.8, 4) is 5.75 Å². The van der Waals surface area contributed by atoms with Gasteiger partial charge in [-0.05, 0) is 36.5 Å². The lowest BCUT2D eigenvalue weighted by Gasteiger charge is -2.34. The maximum absolute atomic E-state index is 12.1. The highest BCUT2D eigenvalue weighted by molar-refractivity contribution is 5.79. The molecular formula is C15H21NO3. The predicted octanol–water partition coefficient (Wildman–Crippen LogP) is 1.47. The summed E-state index contributed by atoms with van der Waals surface area (Å²) in [6.45, 7) is 4.94. The molecule has 2 unspecified atom stereocenters. The van der Waals surface area contributed by atoms with Crippen LogP contribution in [0.1, 0.15) is 24.5 Å². The third kappa shape index (κ3) is 3.26. The molecule has 4 nitrogen and oxygen atoms in total. The van der Waals surface area contributed by atoms with Crippen molar-refractivity contribution in [3.05, 3.63) is 29.3 Å². The van der Waals surface area contributed by atoms with Crippen LogP contribution in [0.25, 0.3) is 0 Å². The molecule has 1 aliphatic heterocycles. The molecule has 0 aliphatic carbocycles. The van der Waals surface area contributed by atoms with Crippen molar-refractivity contribution >= 4 is 5.91 Å². The average molecular weight is 263 g/mol. The van der Waals surface area contributed by atoms with E-state index < -0.39 is 6.10 Å². The number of phenols is 1. The maximum Gasteiger partial charge on any atom is 0.227 e. The number of carbonyl (C=O) groups is 1. The molecule has 1 aromatic rings.